The van der Waals surface area contributed by atoms with Crippen molar-refractivity contribution in [3.05, 3.63) is 42.5 Å². The van der Waals surface area contributed by atoms with Crippen molar-refractivity contribution < 1.29 is 23.9 Å². The second kappa shape index (κ2) is 8.74. The Labute approximate surface area is 189 Å². The van der Waals surface area contributed by atoms with Crippen molar-refractivity contribution in [2.45, 2.75) is 23.0 Å². The zero-order valence-corrected chi connectivity index (χ0v) is 18.2. The van der Waals surface area contributed by atoms with Crippen LogP contribution in [0.3, 0.4) is 0 Å². The molecule has 1 atom stereocenters. The average Bonchev–Trinajstić information content (AvgIpc) is 3.35. The molecule has 0 bridgehead atoms. The number of para-hydroxylation sites is 1. The Balaban J connectivity index is 1.34. The van der Waals surface area contributed by atoms with Gasteiger partial charge in [0.2, 0.25) is 11.8 Å². The molecule has 8 nitrogen and oxygen atoms in total. The number of likely N-dealkylation sites (tertiary alicyclic amines) is 1. The van der Waals surface area contributed by atoms with Gasteiger partial charge in [-0.05, 0) is 37.1 Å². The molecule has 2 aromatic carbocycles. The van der Waals surface area contributed by atoms with Crippen LogP contribution in [-0.2, 0) is 14.4 Å². The monoisotopic (exact) mass is 453 g/mol. The molecule has 0 unspecified atom stereocenters. The maximum atomic E-state index is 13.3. The Morgan fingerprint density at radius 2 is 1.78 bits per heavy atom. The molecule has 0 aromatic heterocycles. The number of carbonyl (C=O) groups excluding carboxylic acids is 3. The second-order valence-corrected chi connectivity index (χ2v) is 8.98. The van der Waals surface area contributed by atoms with E-state index in [-0.39, 0.29) is 24.3 Å². The number of amides is 3. The summed E-state index contributed by atoms with van der Waals surface area (Å²) in [5.41, 5.74) is 1.20. The maximum Gasteiger partial charge on any atom is 0.250 e. The van der Waals surface area contributed by atoms with Crippen LogP contribution in [0.5, 0.6) is 11.5 Å². The minimum atomic E-state index is -0.870. The van der Waals surface area contributed by atoms with E-state index in [4.69, 9.17) is 9.47 Å². The Morgan fingerprint density at radius 3 is 2.59 bits per heavy atom. The molecule has 3 aliphatic rings. The van der Waals surface area contributed by atoms with Crippen molar-refractivity contribution in [1.29, 1.82) is 0 Å². The summed E-state index contributed by atoms with van der Waals surface area (Å²) in [7, 11) is 0. The molecule has 2 aromatic rings. The molecule has 3 aliphatic heterocycles. The predicted octanol–water partition coefficient (Wildman–Crippen LogP) is 2.53. The highest BCUT2D eigenvalue weighted by atomic mass is 32.2. The van der Waals surface area contributed by atoms with E-state index in [0.29, 0.717) is 49.2 Å². The minimum absolute atomic E-state index is 0.177. The van der Waals surface area contributed by atoms with E-state index in [1.54, 1.807) is 29.2 Å². The van der Waals surface area contributed by atoms with Crippen LogP contribution >= 0.6 is 11.8 Å². The fourth-order valence-electron chi connectivity index (χ4n) is 4.11. The lowest BCUT2D eigenvalue weighted by atomic mass is 10.2. The highest BCUT2D eigenvalue weighted by molar-refractivity contribution is 8.01. The Morgan fingerprint density at radius 1 is 1.03 bits per heavy atom. The lowest BCUT2D eigenvalue weighted by molar-refractivity contribution is -0.134. The summed E-state index contributed by atoms with van der Waals surface area (Å²) < 4.78 is 11.1. The number of benzene rings is 2. The van der Waals surface area contributed by atoms with Gasteiger partial charge in [-0.1, -0.05) is 12.1 Å². The van der Waals surface area contributed by atoms with E-state index in [1.807, 2.05) is 18.2 Å². The van der Waals surface area contributed by atoms with Crippen LogP contribution in [-0.4, -0.2) is 60.7 Å². The fraction of sp³-hybridized carbons (Fsp3) is 0.348. The number of anilines is 2. The largest absolute Gasteiger partial charge is 0.486 e. The third kappa shape index (κ3) is 4.00. The highest BCUT2D eigenvalue weighted by Gasteiger charge is 2.41. The van der Waals surface area contributed by atoms with Gasteiger partial charge in [-0.3, -0.25) is 14.4 Å². The molecule has 3 amide bonds. The molecule has 0 aliphatic carbocycles. The predicted molar refractivity (Wildman–Crippen MR) is 120 cm³/mol. The van der Waals surface area contributed by atoms with Crippen molar-refractivity contribution in [2.24, 2.45) is 0 Å². The van der Waals surface area contributed by atoms with Gasteiger partial charge in [-0.15, -0.1) is 11.8 Å². The fourth-order valence-corrected chi connectivity index (χ4v) is 5.29. The quantitative estimate of drug-likeness (QED) is 0.716. The highest BCUT2D eigenvalue weighted by Crippen LogP contribution is 2.40. The van der Waals surface area contributed by atoms with E-state index in [1.165, 1.54) is 16.7 Å². The standard InChI is InChI=1S/C23H23N3O5S/c27-20(24-15-7-8-17-18(13-15)31-12-11-30-17)14-26-16-5-1-2-6-19(16)32-21(23(26)29)22(28)25-9-3-4-10-25/h1-2,5-8,13,21H,3-4,9-12,14H2,(H,24,27)/t21-/m0/s1. The summed E-state index contributed by atoms with van der Waals surface area (Å²) in [4.78, 5) is 43.2. The van der Waals surface area contributed by atoms with E-state index >= 15 is 0 Å². The number of hydrogen-bond donors (Lipinski definition) is 1. The molecule has 1 fully saturated rings. The molecule has 0 radical (unpaired) electrons. The lowest BCUT2D eigenvalue weighted by Crippen LogP contribution is -2.51. The Hall–Kier alpha value is -3.20. The van der Waals surface area contributed by atoms with E-state index in [0.717, 1.165) is 17.7 Å². The number of carbonyl (C=O) groups is 3. The van der Waals surface area contributed by atoms with Crippen molar-refractivity contribution in [1.82, 2.24) is 4.90 Å². The lowest BCUT2D eigenvalue weighted by Gasteiger charge is -2.34. The molecular weight excluding hydrogens is 430 g/mol. The van der Waals surface area contributed by atoms with Gasteiger partial charge in [0.25, 0.3) is 5.91 Å². The van der Waals surface area contributed by atoms with E-state index in [9.17, 15) is 14.4 Å². The summed E-state index contributed by atoms with van der Waals surface area (Å²) in [6.07, 6.45) is 1.91. The third-order valence-electron chi connectivity index (χ3n) is 5.66. The smallest absolute Gasteiger partial charge is 0.250 e. The van der Waals surface area contributed by atoms with Crippen LogP contribution in [0.25, 0.3) is 0 Å². The molecule has 0 saturated carbocycles. The molecule has 32 heavy (non-hydrogen) atoms. The van der Waals surface area contributed by atoms with Gasteiger partial charge in [-0.2, -0.15) is 0 Å². The first-order valence-corrected chi connectivity index (χ1v) is 11.5. The van der Waals surface area contributed by atoms with Gasteiger partial charge in [0.05, 0.1) is 5.69 Å². The number of nitrogens with zero attached hydrogens (tertiary/aromatic N) is 2. The van der Waals surface area contributed by atoms with E-state index in [2.05, 4.69) is 5.32 Å². The third-order valence-corrected chi connectivity index (χ3v) is 6.90. The van der Waals surface area contributed by atoms with Crippen LogP contribution in [0.1, 0.15) is 12.8 Å². The van der Waals surface area contributed by atoms with Crippen molar-refractivity contribution in [2.75, 3.05) is 43.1 Å². The first-order valence-electron chi connectivity index (χ1n) is 10.7. The van der Waals surface area contributed by atoms with Crippen molar-refractivity contribution >= 4 is 40.9 Å². The second-order valence-electron chi connectivity index (χ2n) is 7.83. The molecule has 0 spiro atoms. The van der Waals surface area contributed by atoms with Crippen molar-refractivity contribution in [3.63, 3.8) is 0 Å². The molecule has 9 heteroatoms. The van der Waals surface area contributed by atoms with Gasteiger partial charge >= 0.3 is 0 Å². The summed E-state index contributed by atoms with van der Waals surface area (Å²) in [5, 5.41) is 1.95. The number of hydrogen-bond acceptors (Lipinski definition) is 6. The van der Waals surface area contributed by atoms with Crippen LogP contribution < -0.4 is 19.7 Å². The summed E-state index contributed by atoms with van der Waals surface area (Å²) in [6, 6.07) is 12.5. The SMILES string of the molecule is O=C(CN1C(=O)[C@H](C(=O)N2CCCC2)Sc2ccccc21)Nc1ccc2c(c1)OCCO2. The van der Waals surface area contributed by atoms with Crippen LogP contribution in [0.2, 0.25) is 0 Å². The summed E-state index contributed by atoms with van der Waals surface area (Å²) >= 11 is 1.27. The molecule has 1 saturated heterocycles. The zero-order chi connectivity index (χ0) is 22.1. The van der Waals surface area contributed by atoms with Gasteiger partial charge in [0, 0.05) is 29.7 Å². The minimum Gasteiger partial charge on any atom is -0.486 e. The number of rotatable bonds is 4. The van der Waals surface area contributed by atoms with Crippen LogP contribution in [0.15, 0.2) is 47.4 Å². The molecule has 1 N–H and O–H groups in total. The Bertz CT molecular complexity index is 1070. The molecular formula is C23H23N3O5S. The van der Waals surface area contributed by atoms with Crippen molar-refractivity contribution in [3.8, 4) is 11.5 Å². The average molecular weight is 454 g/mol. The number of thioether (sulfide) groups is 1. The number of nitrogens with one attached hydrogen (secondary N) is 1. The molecule has 166 valence electrons. The van der Waals surface area contributed by atoms with Crippen LogP contribution in [0, 0.1) is 0 Å². The van der Waals surface area contributed by atoms with Gasteiger partial charge in [0.15, 0.2) is 16.7 Å². The van der Waals surface area contributed by atoms with Gasteiger partial charge in [-0.25, -0.2) is 0 Å². The number of ether oxygens (including phenoxy) is 2. The van der Waals surface area contributed by atoms with Crippen LogP contribution in [0.4, 0.5) is 11.4 Å². The topological polar surface area (TPSA) is 88.2 Å². The first-order chi connectivity index (χ1) is 15.6. The maximum absolute atomic E-state index is 13.3. The zero-order valence-electron chi connectivity index (χ0n) is 17.4. The first kappa shape index (κ1) is 20.7. The molecule has 5 rings (SSSR count). The summed E-state index contributed by atoms with van der Waals surface area (Å²) in [5.74, 6) is 0.312. The molecule has 3 heterocycles. The normalized spacial score (nSPS) is 19.5. The van der Waals surface area contributed by atoms with E-state index < -0.39 is 5.25 Å². The van der Waals surface area contributed by atoms with Gasteiger partial charge in [0.1, 0.15) is 19.8 Å². The van der Waals surface area contributed by atoms with Gasteiger partial charge < -0.3 is 24.6 Å². The Kier molecular flexibility index (Phi) is 5.65. The summed E-state index contributed by atoms with van der Waals surface area (Å²) in [6.45, 7) is 2.11. The number of fused-ring (bicyclic) bond motifs is 2.